The fourth-order valence-corrected chi connectivity index (χ4v) is 0.769. The van der Waals surface area contributed by atoms with Crippen molar-refractivity contribution in [2.45, 2.75) is 45.8 Å². The van der Waals surface area contributed by atoms with Gasteiger partial charge in [-0.25, -0.2) is 0 Å². The number of rotatable bonds is 8. The first-order valence-corrected chi connectivity index (χ1v) is 5.92. The van der Waals surface area contributed by atoms with Gasteiger partial charge in [0.1, 0.15) is 0 Å². The zero-order valence-electron chi connectivity index (χ0n) is 11.4. The summed E-state index contributed by atoms with van der Waals surface area (Å²) in [5.41, 5.74) is 0. The summed E-state index contributed by atoms with van der Waals surface area (Å²) >= 11 is 0. The molecule has 0 aliphatic heterocycles. The molecule has 4 heteroatoms. The lowest BCUT2D eigenvalue weighted by atomic mass is 10.2. The van der Waals surface area contributed by atoms with E-state index in [2.05, 4.69) is 6.58 Å². The summed E-state index contributed by atoms with van der Waals surface area (Å²) in [7, 11) is 1.64. The number of ether oxygens (including phenoxy) is 2. The molecule has 0 aliphatic rings. The van der Waals surface area contributed by atoms with Crippen LogP contribution in [0.25, 0.3) is 0 Å². The molecule has 1 N–H and O–H groups in total. The monoisotopic (exact) mass is 246 g/mol. The molecule has 0 heterocycles. The SMILES string of the molecule is C=CC(=O)CCC.COC(C)COC(C)CO. The first-order valence-electron chi connectivity index (χ1n) is 5.92. The van der Waals surface area contributed by atoms with Crippen LogP contribution in [0.15, 0.2) is 12.7 Å². The third kappa shape index (κ3) is 15.3. The normalized spacial score (nSPS) is 13.2. The van der Waals surface area contributed by atoms with Crippen molar-refractivity contribution < 1.29 is 19.4 Å². The maximum atomic E-state index is 10.3. The highest BCUT2D eigenvalue weighted by Gasteiger charge is 2.03. The topological polar surface area (TPSA) is 55.8 Å². The van der Waals surface area contributed by atoms with E-state index < -0.39 is 0 Å². The van der Waals surface area contributed by atoms with E-state index in [4.69, 9.17) is 14.6 Å². The lowest BCUT2D eigenvalue weighted by Gasteiger charge is -2.13. The van der Waals surface area contributed by atoms with E-state index in [0.717, 1.165) is 6.42 Å². The second-order valence-corrected chi connectivity index (χ2v) is 3.79. The van der Waals surface area contributed by atoms with Crippen molar-refractivity contribution in [3.8, 4) is 0 Å². The molecule has 0 fully saturated rings. The minimum absolute atomic E-state index is 0.0659. The summed E-state index contributed by atoms with van der Waals surface area (Å²) in [5.74, 6) is 0.141. The van der Waals surface area contributed by atoms with Crippen LogP contribution in [-0.4, -0.2) is 43.4 Å². The average Bonchev–Trinajstić information content (AvgIpc) is 2.36. The molecule has 0 spiro atoms. The van der Waals surface area contributed by atoms with Crippen molar-refractivity contribution in [2.75, 3.05) is 20.3 Å². The molecule has 0 aromatic rings. The van der Waals surface area contributed by atoms with Crippen LogP contribution >= 0.6 is 0 Å². The second kappa shape index (κ2) is 13.4. The molecular weight excluding hydrogens is 220 g/mol. The molecule has 0 amide bonds. The van der Waals surface area contributed by atoms with Crippen molar-refractivity contribution >= 4 is 5.78 Å². The molecule has 0 saturated carbocycles. The molecule has 102 valence electrons. The third-order valence-electron chi connectivity index (χ3n) is 2.00. The maximum absolute atomic E-state index is 10.3. The van der Waals surface area contributed by atoms with Crippen molar-refractivity contribution in [2.24, 2.45) is 0 Å². The van der Waals surface area contributed by atoms with Crippen molar-refractivity contribution in [1.82, 2.24) is 0 Å². The van der Waals surface area contributed by atoms with Gasteiger partial charge < -0.3 is 14.6 Å². The Bertz CT molecular complexity index is 182. The fourth-order valence-electron chi connectivity index (χ4n) is 0.769. The first kappa shape index (κ1) is 18.6. The van der Waals surface area contributed by atoms with Gasteiger partial charge >= 0.3 is 0 Å². The lowest BCUT2D eigenvalue weighted by molar-refractivity contribution is -0.114. The van der Waals surface area contributed by atoms with E-state index in [1.54, 1.807) is 7.11 Å². The summed E-state index contributed by atoms with van der Waals surface area (Å²) < 4.78 is 10.1. The van der Waals surface area contributed by atoms with E-state index in [1.165, 1.54) is 6.08 Å². The molecule has 2 unspecified atom stereocenters. The molecule has 0 rings (SSSR count). The van der Waals surface area contributed by atoms with Gasteiger partial charge in [-0.2, -0.15) is 0 Å². The molecule has 0 bridgehead atoms. The number of carbonyl (C=O) groups excluding carboxylic acids is 1. The van der Waals surface area contributed by atoms with Gasteiger partial charge in [-0.3, -0.25) is 4.79 Å². The van der Waals surface area contributed by atoms with Crippen LogP contribution in [0.2, 0.25) is 0 Å². The standard InChI is InChI=1S/C7H16O3.C6H10O/c1-6(4-8)10-5-7(2)9-3;1-3-5-6(7)4-2/h6-8H,4-5H2,1-3H3;4H,2-3,5H2,1H3. The Morgan fingerprint density at radius 1 is 1.41 bits per heavy atom. The van der Waals surface area contributed by atoms with E-state index in [9.17, 15) is 4.79 Å². The predicted molar refractivity (Wildman–Crippen MR) is 69.1 cm³/mol. The van der Waals surface area contributed by atoms with Gasteiger partial charge in [-0.05, 0) is 26.3 Å². The quantitative estimate of drug-likeness (QED) is 0.665. The minimum atomic E-state index is -0.0856. The van der Waals surface area contributed by atoms with Crippen LogP contribution in [0.4, 0.5) is 0 Å². The third-order valence-corrected chi connectivity index (χ3v) is 2.00. The molecule has 4 nitrogen and oxygen atoms in total. The van der Waals surface area contributed by atoms with Crippen molar-refractivity contribution in [1.29, 1.82) is 0 Å². The van der Waals surface area contributed by atoms with E-state index in [-0.39, 0.29) is 24.6 Å². The van der Waals surface area contributed by atoms with Crippen LogP contribution in [-0.2, 0) is 14.3 Å². The van der Waals surface area contributed by atoms with Gasteiger partial charge in [0, 0.05) is 13.5 Å². The Balaban J connectivity index is 0. The first-order chi connectivity index (χ1) is 8.01. The zero-order chi connectivity index (χ0) is 13.7. The Morgan fingerprint density at radius 2 is 2.00 bits per heavy atom. The number of ketones is 1. The molecule has 0 aromatic carbocycles. The average molecular weight is 246 g/mol. The largest absolute Gasteiger partial charge is 0.394 e. The van der Waals surface area contributed by atoms with Crippen LogP contribution < -0.4 is 0 Å². The number of hydrogen-bond acceptors (Lipinski definition) is 4. The van der Waals surface area contributed by atoms with Crippen molar-refractivity contribution in [3.63, 3.8) is 0 Å². The molecule has 0 radical (unpaired) electrons. The van der Waals surface area contributed by atoms with Crippen molar-refractivity contribution in [3.05, 3.63) is 12.7 Å². The zero-order valence-corrected chi connectivity index (χ0v) is 11.4. The maximum Gasteiger partial charge on any atom is 0.155 e. The Labute approximate surface area is 105 Å². The number of methoxy groups -OCH3 is 1. The second-order valence-electron chi connectivity index (χ2n) is 3.79. The summed E-state index contributed by atoms with van der Waals surface area (Å²) in [6.45, 7) is 9.65. The highest BCUT2D eigenvalue weighted by Crippen LogP contribution is 1.93. The Kier molecular flexibility index (Phi) is 14.7. The number of carbonyl (C=O) groups is 1. The van der Waals surface area contributed by atoms with E-state index >= 15 is 0 Å². The molecular formula is C13H26O4. The number of allylic oxidation sites excluding steroid dienone is 1. The highest BCUT2D eigenvalue weighted by atomic mass is 16.5. The fraction of sp³-hybridized carbons (Fsp3) is 0.769. The Hall–Kier alpha value is -0.710. The van der Waals surface area contributed by atoms with Gasteiger partial charge in [0.2, 0.25) is 0 Å². The van der Waals surface area contributed by atoms with Gasteiger partial charge in [-0.15, -0.1) is 0 Å². The highest BCUT2D eigenvalue weighted by molar-refractivity contribution is 5.88. The van der Waals surface area contributed by atoms with Gasteiger partial charge in [-0.1, -0.05) is 13.5 Å². The number of aliphatic hydroxyl groups is 1. The number of aliphatic hydroxyl groups excluding tert-OH is 1. The summed E-state index contributed by atoms with van der Waals surface area (Å²) in [4.78, 5) is 10.3. The summed E-state index contributed by atoms with van der Waals surface area (Å²) in [5, 5.41) is 8.55. The van der Waals surface area contributed by atoms with E-state index in [1.807, 2.05) is 20.8 Å². The molecule has 2 atom stereocenters. The van der Waals surface area contributed by atoms with Gasteiger partial charge in [0.05, 0.1) is 25.4 Å². The van der Waals surface area contributed by atoms with E-state index in [0.29, 0.717) is 13.0 Å². The predicted octanol–water partition coefficient (Wildman–Crippen LogP) is 1.96. The van der Waals surface area contributed by atoms with Crippen LogP contribution in [0.3, 0.4) is 0 Å². The van der Waals surface area contributed by atoms with Gasteiger partial charge in [0.15, 0.2) is 5.78 Å². The minimum Gasteiger partial charge on any atom is -0.394 e. The smallest absolute Gasteiger partial charge is 0.155 e. The lowest BCUT2D eigenvalue weighted by Crippen LogP contribution is -2.21. The molecule has 0 saturated heterocycles. The number of hydrogen-bond donors (Lipinski definition) is 1. The van der Waals surface area contributed by atoms with Crippen LogP contribution in [0.5, 0.6) is 0 Å². The molecule has 0 aliphatic carbocycles. The van der Waals surface area contributed by atoms with Crippen LogP contribution in [0.1, 0.15) is 33.6 Å². The molecule has 0 aromatic heterocycles. The summed E-state index contributed by atoms with van der Waals surface area (Å²) in [6.07, 6.45) is 2.95. The molecule has 17 heavy (non-hydrogen) atoms. The van der Waals surface area contributed by atoms with Gasteiger partial charge in [0.25, 0.3) is 0 Å². The Morgan fingerprint density at radius 3 is 2.29 bits per heavy atom. The van der Waals surface area contributed by atoms with Crippen LogP contribution in [0, 0.1) is 0 Å². The summed E-state index contributed by atoms with van der Waals surface area (Å²) in [6, 6.07) is 0.